The molecule has 0 aromatic rings. The van der Waals surface area contributed by atoms with Gasteiger partial charge in [0.25, 0.3) is 0 Å². The molecule has 68 heavy (non-hydrogen) atoms. The minimum Gasteiger partial charge on any atom is -0.462 e. The Kier molecular flexibility index (Phi) is 49.8. The first-order valence-corrected chi connectivity index (χ1v) is 30.9. The Morgan fingerprint density at radius 1 is 0.441 bits per heavy atom. The van der Waals surface area contributed by atoms with Gasteiger partial charge in [-0.05, 0) is 32.1 Å². The van der Waals surface area contributed by atoms with E-state index in [1.165, 1.54) is 205 Å². The van der Waals surface area contributed by atoms with Crippen LogP contribution in [-0.4, -0.2) is 74.9 Å². The normalized spacial score (nSPS) is 13.3. The highest BCUT2D eigenvalue weighted by Crippen LogP contribution is 2.43. The van der Waals surface area contributed by atoms with Gasteiger partial charge >= 0.3 is 19.8 Å². The maximum Gasteiger partial charge on any atom is 0.472 e. The quantitative estimate of drug-likeness (QED) is 0.0211. The summed E-state index contributed by atoms with van der Waals surface area (Å²) >= 11 is 0. The Bertz CT molecular complexity index is 1160. The number of phosphoric acid groups is 1. The molecule has 0 aliphatic rings. The van der Waals surface area contributed by atoms with Gasteiger partial charge in [-0.2, -0.15) is 0 Å². The molecule has 0 rings (SSSR count). The Balaban J connectivity index is 3.84. The fraction of sp³-hybridized carbons (Fsp3) is 0.931. The summed E-state index contributed by atoms with van der Waals surface area (Å²) in [5.74, 6) is -0.796. The van der Waals surface area contributed by atoms with E-state index >= 15 is 0 Å². The van der Waals surface area contributed by atoms with E-state index in [0.29, 0.717) is 23.9 Å². The van der Waals surface area contributed by atoms with Crippen LogP contribution >= 0.6 is 7.82 Å². The van der Waals surface area contributed by atoms with Crippen molar-refractivity contribution >= 4 is 19.8 Å². The van der Waals surface area contributed by atoms with E-state index in [1.807, 2.05) is 21.1 Å². The highest BCUT2D eigenvalue weighted by Gasteiger charge is 2.27. The van der Waals surface area contributed by atoms with Gasteiger partial charge < -0.3 is 18.9 Å². The lowest BCUT2D eigenvalue weighted by Crippen LogP contribution is -2.37. The number of carbonyl (C=O) groups excluding carboxylic acids is 2. The number of hydrogen-bond donors (Lipinski definition) is 1. The fourth-order valence-corrected chi connectivity index (χ4v) is 9.47. The molecule has 404 valence electrons. The van der Waals surface area contributed by atoms with Crippen LogP contribution in [-0.2, 0) is 32.7 Å². The van der Waals surface area contributed by atoms with Crippen LogP contribution in [0.1, 0.15) is 296 Å². The summed E-state index contributed by atoms with van der Waals surface area (Å²) in [6, 6.07) is 0. The molecule has 0 saturated carbocycles. The van der Waals surface area contributed by atoms with E-state index in [-0.39, 0.29) is 25.6 Å². The van der Waals surface area contributed by atoms with Crippen molar-refractivity contribution in [3.8, 4) is 0 Å². The smallest absolute Gasteiger partial charge is 0.462 e. The second-order valence-electron chi connectivity index (χ2n) is 21.4. The molecular weight excluding hydrogens is 870 g/mol. The topological polar surface area (TPSA) is 108 Å². The van der Waals surface area contributed by atoms with E-state index < -0.39 is 26.5 Å². The van der Waals surface area contributed by atoms with Crippen molar-refractivity contribution in [3.63, 3.8) is 0 Å². The van der Waals surface area contributed by atoms with Crippen LogP contribution in [0, 0.1) is 0 Å². The number of allylic oxidation sites excluding steroid dienone is 2. The number of quaternary nitrogens is 1. The van der Waals surface area contributed by atoms with E-state index in [9.17, 15) is 19.0 Å². The zero-order chi connectivity index (χ0) is 49.9. The maximum absolute atomic E-state index is 12.7. The van der Waals surface area contributed by atoms with E-state index in [0.717, 1.165) is 57.8 Å². The fourth-order valence-electron chi connectivity index (χ4n) is 8.73. The molecule has 0 aromatic carbocycles. The van der Waals surface area contributed by atoms with Gasteiger partial charge in [0.1, 0.15) is 19.8 Å². The molecule has 0 heterocycles. The third kappa shape index (κ3) is 54.1. The van der Waals surface area contributed by atoms with Gasteiger partial charge in [-0.1, -0.05) is 264 Å². The van der Waals surface area contributed by atoms with Gasteiger partial charge in [-0.3, -0.25) is 18.6 Å². The van der Waals surface area contributed by atoms with Crippen LogP contribution in [0.3, 0.4) is 0 Å². The lowest BCUT2D eigenvalue weighted by Gasteiger charge is -2.24. The average Bonchev–Trinajstić information content (AvgIpc) is 3.30. The summed E-state index contributed by atoms with van der Waals surface area (Å²) in [5, 5.41) is 0. The molecule has 0 saturated heterocycles. The Morgan fingerprint density at radius 2 is 0.779 bits per heavy atom. The first-order chi connectivity index (χ1) is 33.0. The van der Waals surface area contributed by atoms with Crippen molar-refractivity contribution in [2.45, 2.75) is 302 Å². The van der Waals surface area contributed by atoms with Crippen LogP contribution in [0.25, 0.3) is 0 Å². The van der Waals surface area contributed by atoms with Crippen molar-refractivity contribution in [1.29, 1.82) is 0 Å². The van der Waals surface area contributed by atoms with Gasteiger partial charge in [0.15, 0.2) is 6.10 Å². The summed E-state index contributed by atoms with van der Waals surface area (Å²) in [7, 11) is 1.49. The molecule has 0 radical (unpaired) electrons. The number of hydrogen-bond acceptors (Lipinski definition) is 7. The minimum absolute atomic E-state index is 0.0332. The third-order valence-electron chi connectivity index (χ3n) is 13.3. The van der Waals surface area contributed by atoms with Crippen LogP contribution in [0.2, 0.25) is 0 Å². The number of rotatable bonds is 55. The molecule has 10 heteroatoms. The largest absolute Gasteiger partial charge is 0.472 e. The zero-order valence-corrected chi connectivity index (χ0v) is 46.8. The highest BCUT2D eigenvalue weighted by molar-refractivity contribution is 7.47. The van der Waals surface area contributed by atoms with Gasteiger partial charge in [0, 0.05) is 12.8 Å². The van der Waals surface area contributed by atoms with Crippen molar-refractivity contribution in [1.82, 2.24) is 0 Å². The summed E-state index contributed by atoms with van der Waals surface area (Å²) in [5.41, 5.74) is 0. The van der Waals surface area contributed by atoms with Gasteiger partial charge in [-0.15, -0.1) is 0 Å². The number of nitrogens with zero attached hydrogens (tertiary/aromatic N) is 1. The maximum atomic E-state index is 12.7. The van der Waals surface area contributed by atoms with Gasteiger partial charge in [0.2, 0.25) is 0 Å². The zero-order valence-electron chi connectivity index (χ0n) is 45.9. The monoisotopic (exact) mass is 985 g/mol. The molecule has 0 aliphatic heterocycles. The number of phosphoric ester groups is 1. The first-order valence-electron chi connectivity index (χ1n) is 29.4. The second-order valence-corrected chi connectivity index (χ2v) is 22.8. The van der Waals surface area contributed by atoms with E-state index in [2.05, 4.69) is 26.0 Å². The second kappa shape index (κ2) is 50.7. The molecule has 9 nitrogen and oxygen atoms in total. The molecule has 0 fully saturated rings. The summed E-state index contributed by atoms with van der Waals surface area (Å²) in [6.45, 7) is 4.40. The van der Waals surface area contributed by atoms with Crippen LogP contribution < -0.4 is 0 Å². The lowest BCUT2D eigenvalue weighted by atomic mass is 10.0. The van der Waals surface area contributed by atoms with Crippen LogP contribution in [0.5, 0.6) is 0 Å². The van der Waals surface area contributed by atoms with E-state index in [1.54, 1.807) is 0 Å². The predicted octanol–water partition coefficient (Wildman–Crippen LogP) is 18.0. The summed E-state index contributed by atoms with van der Waals surface area (Å²) in [6.07, 6.45) is 59.0. The Morgan fingerprint density at radius 3 is 1.15 bits per heavy atom. The Hall–Kier alpha value is -1.25. The van der Waals surface area contributed by atoms with E-state index in [4.69, 9.17) is 18.5 Å². The van der Waals surface area contributed by atoms with Gasteiger partial charge in [0.05, 0.1) is 27.7 Å². The molecule has 2 unspecified atom stereocenters. The molecule has 0 aliphatic carbocycles. The number of esters is 2. The van der Waals surface area contributed by atoms with Crippen LogP contribution in [0.4, 0.5) is 0 Å². The van der Waals surface area contributed by atoms with Crippen LogP contribution in [0.15, 0.2) is 12.2 Å². The number of carbonyl (C=O) groups is 2. The average molecular weight is 986 g/mol. The standard InChI is InChI=1S/C58H114NO8P/c1-6-8-10-12-14-16-18-19-20-21-22-23-24-25-26-27-28-29-30-31-32-33-34-35-36-37-38-39-40-41-43-44-46-48-50-57(60)64-54-56(55-66-68(62,63)65-53-52-59(3,4)5)67-58(61)51-49-47-45-42-17-15-13-11-9-7-2/h11,13,56H,6-10,12,14-55H2,1-5H3/p+1/b13-11-. The lowest BCUT2D eigenvalue weighted by molar-refractivity contribution is -0.870. The molecule has 0 bridgehead atoms. The summed E-state index contributed by atoms with van der Waals surface area (Å²) in [4.78, 5) is 35.5. The molecule has 0 aromatic heterocycles. The highest BCUT2D eigenvalue weighted by atomic mass is 31.2. The molecule has 1 N–H and O–H groups in total. The summed E-state index contributed by atoms with van der Waals surface area (Å²) < 4.78 is 34.4. The SMILES string of the molecule is CCC/C=C\CCCCCCCC(=O)OC(COC(=O)CCCCCCCCCCCCCCCCCCCCCCCCCCCCCCCCCCCC)COP(=O)(O)OCC[N+](C)(C)C. The predicted molar refractivity (Wildman–Crippen MR) is 289 cm³/mol. The number of ether oxygens (including phenoxy) is 2. The first kappa shape index (κ1) is 66.8. The van der Waals surface area contributed by atoms with Gasteiger partial charge in [-0.25, -0.2) is 4.57 Å². The Labute approximate surface area is 422 Å². The van der Waals surface area contributed by atoms with Crippen molar-refractivity contribution in [2.24, 2.45) is 0 Å². The molecule has 2 atom stereocenters. The number of likely N-dealkylation sites (N-methyl/N-ethyl adjacent to an activating group) is 1. The number of unbranched alkanes of at least 4 members (excludes halogenated alkanes) is 39. The molecule has 0 amide bonds. The van der Waals surface area contributed by atoms with Crippen molar-refractivity contribution in [3.05, 3.63) is 12.2 Å². The third-order valence-corrected chi connectivity index (χ3v) is 14.3. The van der Waals surface area contributed by atoms with Crippen molar-refractivity contribution < 1.29 is 42.1 Å². The molecule has 0 spiro atoms. The molecular formula is C58H115NO8P+. The minimum atomic E-state index is -4.37. The van der Waals surface area contributed by atoms with Crippen molar-refractivity contribution in [2.75, 3.05) is 47.5 Å².